The summed E-state index contributed by atoms with van der Waals surface area (Å²) in [5, 5.41) is 29.0. The van der Waals surface area contributed by atoms with Crippen molar-refractivity contribution in [2.75, 3.05) is 0 Å². The van der Waals surface area contributed by atoms with E-state index in [0.717, 1.165) is 19.3 Å². The van der Waals surface area contributed by atoms with E-state index in [1.165, 1.54) is 76.7 Å². The van der Waals surface area contributed by atoms with Crippen molar-refractivity contribution >= 4 is 5.97 Å². The molecule has 0 amide bonds. The number of unbranched alkanes of at least 4 members (excludes halogenated alkanes) is 13. The number of benzene rings is 1. The van der Waals surface area contributed by atoms with Crippen molar-refractivity contribution < 1.29 is 20.1 Å². The predicted octanol–water partition coefficient (Wildman–Crippen LogP) is 7.14. The molecule has 0 saturated carbocycles. The van der Waals surface area contributed by atoms with Crippen LogP contribution >= 0.6 is 0 Å². The molecule has 1 aromatic carbocycles. The smallest absolute Gasteiger partial charge is 0.311 e. The van der Waals surface area contributed by atoms with Crippen LogP contribution in [0, 0.1) is 0 Å². The maximum atomic E-state index is 11.5. The third kappa shape index (κ3) is 10.0. The lowest BCUT2D eigenvalue weighted by Crippen LogP contribution is -2.11. The van der Waals surface area contributed by atoms with Crippen LogP contribution in [0.1, 0.15) is 115 Å². The van der Waals surface area contributed by atoms with Crippen molar-refractivity contribution in [3.8, 4) is 11.5 Å². The van der Waals surface area contributed by atoms with Crippen LogP contribution in [-0.4, -0.2) is 21.3 Å². The van der Waals surface area contributed by atoms with Gasteiger partial charge in [-0.25, -0.2) is 0 Å². The average molecular weight is 393 g/mol. The number of carbonyl (C=O) groups is 1. The Morgan fingerprint density at radius 2 is 1.25 bits per heavy atom. The molecule has 0 fully saturated rings. The Labute approximate surface area is 171 Å². The minimum absolute atomic E-state index is 0.260. The van der Waals surface area contributed by atoms with Gasteiger partial charge in [0, 0.05) is 5.56 Å². The van der Waals surface area contributed by atoms with Crippen molar-refractivity contribution in [3.05, 3.63) is 23.8 Å². The van der Waals surface area contributed by atoms with Crippen LogP contribution in [0.15, 0.2) is 18.2 Å². The van der Waals surface area contributed by atoms with Crippen LogP contribution in [-0.2, 0) is 4.79 Å². The van der Waals surface area contributed by atoms with Crippen molar-refractivity contribution in [1.82, 2.24) is 0 Å². The van der Waals surface area contributed by atoms with Gasteiger partial charge >= 0.3 is 5.97 Å². The lowest BCUT2D eigenvalue weighted by atomic mass is 9.92. The quantitative estimate of drug-likeness (QED) is 0.194. The highest BCUT2D eigenvalue weighted by Crippen LogP contribution is 2.36. The zero-order chi connectivity index (χ0) is 20.6. The van der Waals surface area contributed by atoms with Gasteiger partial charge in [-0.2, -0.15) is 0 Å². The number of carboxylic acid groups (broad SMARTS) is 1. The number of aromatic hydroxyl groups is 2. The number of hydrogen-bond donors (Lipinski definition) is 3. The molecule has 0 aromatic heterocycles. The Bertz CT molecular complexity index is 541. The second-order valence-corrected chi connectivity index (χ2v) is 7.99. The van der Waals surface area contributed by atoms with E-state index in [1.54, 1.807) is 12.1 Å². The Balaban J connectivity index is 2.06. The maximum absolute atomic E-state index is 11.5. The molecule has 0 heterocycles. The van der Waals surface area contributed by atoms with E-state index in [1.807, 2.05) is 0 Å². The monoisotopic (exact) mass is 392 g/mol. The van der Waals surface area contributed by atoms with E-state index in [2.05, 4.69) is 6.92 Å². The molecule has 0 bridgehead atoms. The predicted molar refractivity (Wildman–Crippen MR) is 115 cm³/mol. The van der Waals surface area contributed by atoms with Crippen molar-refractivity contribution in [1.29, 1.82) is 0 Å². The van der Waals surface area contributed by atoms with Gasteiger partial charge in [0.1, 0.15) is 0 Å². The number of carboxylic acids is 1. The first-order valence-electron chi connectivity index (χ1n) is 11.3. The number of phenolic OH excluding ortho intramolecular Hbond substituents is 2. The van der Waals surface area contributed by atoms with Gasteiger partial charge in [-0.15, -0.1) is 0 Å². The second kappa shape index (κ2) is 15.2. The molecule has 4 heteroatoms. The fourth-order valence-corrected chi connectivity index (χ4v) is 3.78. The number of aliphatic carboxylic acids is 1. The standard InChI is InChI=1S/C24H40O4/c1-2-3-4-5-6-7-8-9-10-11-12-13-14-15-17-21(24(27)28)20-18-16-19-22(25)23(20)26/h16,18-19,21,25-26H,2-15,17H2,1H3,(H,27,28). The summed E-state index contributed by atoms with van der Waals surface area (Å²) in [6, 6.07) is 4.52. The number of rotatable bonds is 17. The van der Waals surface area contributed by atoms with E-state index >= 15 is 0 Å². The van der Waals surface area contributed by atoms with E-state index in [4.69, 9.17) is 0 Å². The highest BCUT2D eigenvalue weighted by atomic mass is 16.4. The summed E-state index contributed by atoms with van der Waals surface area (Å²) >= 11 is 0. The fraction of sp³-hybridized carbons (Fsp3) is 0.708. The van der Waals surface area contributed by atoms with Crippen LogP contribution in [0.25, 0.3) is 0 Å². The minimum Gasteiger partial charge on any atom is -0.504 e. The van der Waals surface area contributed by atoms with Gasteiger partial charge in [-0.05, 0) is 12.5 Å². The molecule has 28 heavy (non-hydrogen) atoms. The van der Waals surface area contributed by atoms with Gasteiger partial charge in [0.2, 0.25) is 0 Å². The van der Waals surface area contributed by atoms with Crippen LogP contribution in [0.5, 0.6) is 11.5 Å². The third-order valence-corrected chi connectivity index (χ3v) is 5.57. The van der Waals surface area contributed by atoms with Gasteiger partial charge in [-0.3, -0.25) is 4.79 Å². The Kier molecular flexibility index (Phi) is 13.2. The lowest BCUT2D eigenvalue weighted by molar-refractivity contribution is -0.139. The Morgan fingerprint density at radius 3 is 1.71 bits per heavy atom. The van der Waals surface area contributed by atoms with Crippen LogP contribution in [0.4, 0.5) is 0 Å². The first kappa shape index (κ1) is 24.3. The van der Waals surface area contributed by atoms with Crippen LogP contribution in [0.2, 0.25) is 0 Å². The van der Waals surface area contributed by atoms with Crippen molar-refractivity contribution in [2.24, 2.45) is 0 Å². The zero-order valence-corrected chi connectivity index (χ0v) is 17.7. The summed E-state index contributed by atoms with van der Waals surface area (Å²) in [4.78, 5) is 11.5. The van der Waals surface area contributed by atoms with Crippen molar-refractivity contribution in [2.45, 2.75) is 109 Å². The molecule has 1 rings (SSSR count). The normalized spacial score (nSPS) is 12.2. The summed E-state index contributed by atoms with van der Waals surface area (Å²) in [6.45, 7) is 2.25. The summed E-state index contributed by atoms with van der Waals surface area (Å²) in [5.41, 5.74) is 0.308. The summed E-state index contributed by atoms with van der Waals surface area (Å²) in [5.74, 6) is -2.27. The molecule has 0 radical (unpaired) electrons. The molecule has 0 aliphatic heterocycles. The molecule has 0 saturated heterocycles. The van der Waals surface area contributed by atoms with Gasteiger partial charge in [-0.1, -0.05) is 109 Å². The van der Waals surface area contributed by atoms with Gasteiger partial charge in [0.15, 0.2) is 11.5 Å². The minimum atomic E-state index is -0.949. The van der Waals surface area contributed by atoms with E-state index in [9.17, 15) is 20.1 Å². The first-order chi connectivity index (χ1) is 13.6. The molecule has 160 valence electrons. The number of phenols is 2. The largest absolute Gasteiger partial charge is 0.504 e. The van der Waals surface area contributed by atoms with Gasteiger partial charge < -0.3 is 15.3 Å². The summed E-state index contributed by atoms with van der Waals surface area (Å²) < 4.78 is 0. The molecule has 0 spiro atoms. The molecular weight excluding hydrogens is 352 g/mol. The first-order valence-corrected chi connectivity index (χ1v) is 11.3. The molecule has 1 aromatic rings. The molecule has 1 unspecified atom stereocenters. The van der Waals surface area contributed by atoms with E-state index in [-0.39, 0.29) is 11.5 Å². The van der Waals surface area contributed by atoms with Crippen LogP contribution < -0.4 is 0 Å². The number of hydrogen-bond acceptors (Lipinski definition) is 3. The fourth-order valence-electron chi connectivity index (χ4n) is 3.78. The zero-order valence-electron chi connectivity index (χ0n) is 17.7. The second-order valence-electron chi connectivity index (χ2n) is 7.99. The lowest BCUT2D eigenvalue weighted by Gasteiger charge is -2.14. The molecule has 3 N–H and O–H groups in total. The van der Waals surface area contributed by atoms with Crippen LogP contribution in [0.3, 0.4) is 0 Å². The summed E-state index contributed by atoms with van der Waals surface area (Å²) in [7, 11) is 0. The van der Waals surface area contributed by atoms with Gasteiger partial charge in [0.05, 0.1) is 5.92 Å². The maximum Gasteiger partial charge on any atom is 0.311 e. The van der Waals surface area contributed by atoms with Crippen molar-refractivity contribution in [3.63, 3.8) is 0 Å². The Hall–Kier alpha value is -1.71. The molecule has 0 aliphatic rings. The van der Waals surface area contributed by atoms with E-state index < -0.39 is 11.9 Å². The molecule has 0 aliphatic carbocycles. The van der Waals surface area contributed by atoms with Gasteiger partial charge in [0.25, 0.3) is 0 Å². The molecule has 1 atom stereocenters. The Morgan fingerprint density at radius 1 is 0.786 bits per heavy atom. The highest BCUT2D eigenvalue weighted by molar-refractivity contribution is 5.77. The average Bonchev–Trinajstić information content (AvgIpc) is 2.67. The topological polar surface area (TPSA) is 77.8 Å². The summed E-state index contributed by atoms with van der Waals surface area (Å²) in [6.07, 6.45) is 18.2. The molecular formula is C24H40O4. The molecule has 4 nitrogen and oxygen atoms in total. The van der Waals surface area contributed by atoms with E-state index in [0.29, 0.717) is 12.0 Å². The highest BCUT2D eigenvalue weighted by Gasteiger charge is 2.23. The third-order valence-electron chi connectivity index (χ3n) is 5.57. The SMILES string of the molecule is CCCCCCCCCCCCCCCCC(C(=O)O)c1cccc(O)c1O. The number of para-hydroxylation sites is 1.